The summed E-state index contributed by atoms with van der Waals surface area (Å²) >= 11 is 0. The molecule has 2 aromatic heterocycles. The Balaban J connectivity index is 1.32. The van der Waals surface area contributed by atoms with Crippen molar-refractivity contribution in [3.63, 3.8) is 0 Å². The van der Waals surface area contributed by atoms with E-state index >= 15 is 0 Å². The lowest BCUT2D eigenvalue weighted by Crippen LogP contribution is -2.49. The summed E-state index contributed by atoms with van der Waals surface area (Å²) in [6.07, 6.45) is 2.82. The molecule has 1 atom stereocenters. The van der Waals surface area contributed by atoms with E-state index in [0.29, 0.717) is 18.1 Å². The molecule has 3 heterocycles. The zero-order valence-electron chi connectivity index (χ0n) is 15.7. The average Bonchev–Trinajstić information content (AvgIpc) is 3.13. The number of carbonyl (C=O) groups is 1. The number of aromatic nitrogens is 4. The van der Waals surface area contributed by atoms with Gasteiger partial charge in [-0.1, -0.05) is 0 Å². The van der Waals surface area contributed by atoms with Crippen LogP contribution in [0.15, 0.2) is 36.7 Å². The van der Waals surface area contributed by atoms with Crippen LogP contribution in [0.25, 0.3) is 11.0 Å². The maximum atomic E-state index is 12.4. The zero-order chi connectivity index (χ0) is 19.5. The summed E-state index contributed by atoms with van der Waals surface area (Å²) in [7, 11) is 0. The van der Waals surface area contributed by atoms with E-state index < -0.39 is 6.10 Å². The Hall–Kier alpha value is -3.04. The molecule has 1 unspecified atom stereocenters. The normalized spacial score (nSPS) is 16.3. The van der Waals surface area contributed by atoms with E-state index in [9.17, 15) is 9.90 Å². The molecule has 1 amide bonds. The fraction of sp³-hybridized carbons (Fsp3) is 0.368. The van der Waals surface area contributed by atoms with E-state index in [1.807, 2.05) is 18.2 Å². The molecule has 9 nitrogen and oxygen atoms in total. The van der Waals surface area contributed by atoms with Crippen molar-refractivity contribution in [3.05, 3.63) is 42.5 Å². The summed E-state index contributed by atoms with van der Waals surface area (Å²) in [5, 5.41) is 12.6. The summed E-state index contributed by atoms with van der Waals surface area (Å²) in [4.78, 5) is 32.6. The lowest BCUT2D eigenvalue weighted by Gasteiger charge is -2.34. The molecule has 28 heavy (non-hydrogen) atoms. The van der Waals surface area contributed by atoms with Gasteiger partial charge in [-0.3, -0.25) is 9.69 Å². The van der Waals surface area contributed by atoms with Crippen molar-refractivity contribution >= 4 is 28.6 Å². The lowest BCUT2D eigenvalue weighted by atomic mass is 10.2. The highest BCUT2D eigenvalue weighted by Crippen LogP contribution is 2.20. The molecule has 3 N–H and O–H groups in total. The predicted octanol–water partition coefficient (Wildman–Crippen LogP) is 1.17. The van der Waals surface area contributed by atoms with Crippen LogP contribution in [0.3, 0.4) is 0 Å². The number of nitrogens with one attached hydrogen (secondary N) is 2. The van der Waals surface area contributed by atoms with Gasteiger partial charge < -0.3 is 20.3 Å². The molecule has 0 spiro atoms. The topological polar surface area (TPSA) is 110 Å². The van der Waals surface area contributed by atoms with Gasteiger partial charge in [0.25, 0.3) is 0 Å². The van der Waals surface area contributed by atoms with Crippen LogP contribution in [0.4, 0.5) is 11.6 Å². The number of fused-ring (bicyclic) bond motifs is 1. The van der Waals surface area contributed by atoms with E-state index in [4.69, 9.17) is 0 Å². The Labute approximate surface area is 162 Å². The standard InChI is InChI=1S/C19H23N7O2/c1-13(27)18-23-15-4-3-14(11-16(15)24-18)22-17(28)12-25-7-9-26(10-8-25)19-20-5-2-6-21-19/h2-6,11,13,27H,7-10,12H2,1H3,(H,22,28)(H,23,24). The number of imidazole rings is 1. The molecule has 1 saturated heterocycles. The minimum atomic E-state index is -0.662. The second-order valence-corrected chi connectivity index (χ2v) is 6.89. The van der Waals surface area contributed by atoms with Crippen molar-refractivity contribution in [2.24, 2.45) is 0 Å². The fourth-order valence-corrected chi connectivity index (χ4v) is 3.27. The number of amides is 1. The minimum absolute atomic E-state index is 0.0565. The van der Waals surface area contributed by atoms with Gasteiger partial charge in [-0.15, -0.1) is 0 Å². The number of rotatable bonds is 5. The minimum Gasteiger partial charge on any atom is -0.385 e. The highest BCUT2D eigenvalue weighted by atomic mass is 16.3. The molecule has 1 fully saturated rings. The van der Waals surface area contributed by atoms with Gasteiger partial charge in [-0.25, -0.2) is 15.0 Å². The second kappa shape index (κ2) is 7.91. The van der Waals surface area contributed by atoms with Gasteiger partial charge >= 0.3 is 0 Å². The van der Waals surface area contributed by atoms with Crippen molar-refractivity contribution in [2.45, 2.75) is 13.0 Å². The van der Waals surface area contributed by atoms with Crippen molar-refractivity contribution < 1.29 is 9.90 Å². The van der Waals surface area contributed by atoms with Crippen LogP contribution in [0, 0.1) is 0 Å². The number of carbonyl (C=O) groups excluding carboxylic acids is 1. The number of hydrogen-bond donors (Lipinski definition) is 3. The maximum Gasteiger partial charge on any atom is 0.238 e. The molecular formula is C19H23N7O2. The van der Waals surface area contributed by atoms with Gasteiger partial charge in [0.05, 0.1) is 17.6 Å². The fourth-order valence-electron chi connectivity index (χ4n) is 3.27. The molecule has 0 bridgehead atoms. The van der Waals surface area contributed by atoms with Crippen LogP contribution in [-0.2, 0) is 4.79 Å². The number of anilines is 2. The second-order valence-electron chi connectivity index (χ2n) is 6.89. The van der Waals surface area contributed by atoms with Gasteiger partial charge in [-0.05, 0) is 31.2 Å². The maximum absolute atomic E-state index is 12.4. The monoisotopic (exact) mass is 381 g/mol. The Bertz CT molecular complexity index is 949. The molecule has 1 aliphatic heterocycles. The quantitative estimate of drug-likeness (QED) is 0.608. The number of nitrogens with zero attached hydrogens (tertiary/aromatic N) is 5. The van der Waals surface area contributed by atoms with E-state index in [1.165, 1.54) is 0 Å². The van der Waals surface area contributed by atoms with Crippen LogP contribution in [0.5, 0.6) is 0 Å². The molecule has 1 aliphatic rings. The first kappa shape index (κ1) is 18.3. The van der Waals surface area contributed by atoms with Crippen LogP contribution < -0.4 is 10.2 Å². The Morgan fingerprint density at radius 1 is 1.25 bits per heavy atom. The Morgan fingerprint density at radius 2 is 2.00 bits per heavy atom. The van der Waals surface area contributed by atoms with Crippen molar-refractivity contribution in [1.82, 2.24) is 24.8 Å². The van der Waals surface area contributed by atoms with E-state index in [1.54, 1.807) is 25.4 Å². The van der Waals surface area contributed by atoms with E-state index in [2.05, 4.69) is 35.1 Å². The van der Waals surface area contributed by atoms with Gasteiger partial charge in [-0.2, -0.15) is 0 Å². The number of benzene rings is 1. The largest absolute Gasteiger partial charge is 0.385 e. The third-order valence-electron chi connectivity index (χ3n) is 4.75. The van der Waals surface area contributed by atoms with Crippen LogP contribution in [0.1, 0.15) is 18.9 Å². The highest BCUT2D eigenvalue weighted by molar-refractivity contribution is 5.94. The van der Waals surface area contributed by atoms with Gasteiger partial charge in [0.1, 0.15) is 11.9 Å². The molecule has 0 radical (unpaired) electrons. The molecule has 0 saturated carbocycles. The SMILES string of the molecule is CC(O)c1nc2ccc(NC(=O)CN3CCN(c4ncccn4)CC3)cc2[nH]1. The summed E-state index contributed by atoms with van der Waals surface area (Å²) in [6, 6.07) is 7.27. The Morgan fingerprint density at radius 3 is 2.71 bits per heavy atom. The summed E-state index contributed by atoms with van der Waals surface area (Å²) in [6.45, 7) is 5.14. The molecule has 4 rings (SSSR count). The zero-order valence-corrected chi connectivity index (χ0v) is 15.7. The van der Waals surface area contributed by atoms with E-state index in [0.717, 1.165) is 43.2 Å². The molecule has 146 valence electrons. The Kier molecular flexibility index (Phi) is 5.18. The predicted molar refractivity (Wildman–Crippen MR) is 106 cm³/mol. The van der Waals surface area contributed by atoms with Gasteiger partial charge in [0, 0.05) is 44.3 Å². The smallest absolute Gasteiger partial charge is 0.238 e. The number of aliphatic hydroxyl groups excluding tert-OH is 1. The molecular weight excluding hydrogens is 358 g/mol. The van der Waals surface area contributed by atoms with Crippen LogP contribution in [0.2, 0.25) is 0 Å². The summed E-state index contributed by atoms with van der Waals surface area (Å²) in [5.74, 6) is 1.19. The number of hydrogen-bond acceptors (Lipinski definition) is 7. The van der Waals surface area contributed by atoms with Crippen LogP contribution >= 0.6 is 0 Å². The molecule has 9 heteroatoms. The first-order chi connectivity index (χ1) is 13.6. The molecule has 0 aliphatic carbocycles. The van der Waals surface area contributed by atoms with Crippen LogP contribution in [-0.4, -0.2) is 68.6 Å². The first-order valence-electron chi connectivity index (χ1n) is 9.30. The van der Waals surface area contributed by atoms with Crippen molar-refractivity contribution in [3.8, 4) is 0 Å². The third-order valence-corrected chi connectivity index (χ3v) is 4.75. The number of H-pyrrole nitrogens is 1. The highest BCUT2D eigenvalue weighted by Gasteiger charge is 2.20. The number of piperazine rings is 1. The van der Waals surface area contributed by atoms with E-state index in [-0.39, 0.29) is 5.91 Å². The van der Waals surface area contributed by atoms with Crippen molar-refractivity contribution in [2.75, 3.05) is 42.9 Å². The first-order valence-corrected chi connectivity index (χ1v) is 9.30. The number of aromatic amines is 1. The summed E-state index contributed by atoms with van der Waals surface area (Å²) < 4.78 is 0. The lowest BCUT2D eigenvalue weighted by molar-refractivity contribution is -0.117. The third kappa shape index (κ3) is 4.10. The number of aliphatic hydroxyl groups is 1. The van der Waals surface area contributed by atoms with Crippen molar-refractivity contribution in [1.29, 1.82) is 0 Å². The van der Waals surface area contributed by atoms with Gasteiger partial charge in [0.15, 0.2) is 0 Å². The average molecular weight is 381 g/mol. The molecule has 3 aromatic rings. The molecule has 1 aromatic carbocycles. The summed E-state index contributed by atoms with van der Waals surface area (Å²) in [5.41, 5.74) is 2.24. The van der Waals surface area contributed by atoms with Gasteiger partial charge in [0.2, 0.25) is 11.9 Å².